The molecule has 0 N–H and O–H groups in total. The predicted octanol–water partition coefficient (Wildman–Crippen LogP) is 3.32. The molecule has 1 aromatic rings. The van der Waals surface area contributed by atoms with Crippen molar-refractivity contribution in [1.82, 2.24) is 9.88 Å². The van der Waals surface area contributed by atoms with Gasteiger partial charge in [-0.05, 0) is 59.1 Å². The number of nitrogens with zero attached hydrogens (tertiary/aromatic N) is 3. The molecule has 0 saturated carbocycles. The fourth-order valence-electron chi connectivity index (χ4n) is 4.27. The number of pyridine rings is 1. The van der Waals surface area contributed by atoms with Crippen molar-refractivity contribution in [3.63, 3.8) is 0 Å². The minimum absolute atomic E-state index is 0.0847. The molecule has 1 aromatic heterocycles. The van der Waals surface area contributed by atoms with Crippen LogP contribution in [0, 0.1) is 19.3 Å². The van der Waals surface area contributed by atoms with E-state index in [2.05, 4.69) is 9.88 Å². The summed E-state index contributed by atoms with van der Waals surface area (Å²) < 4.78 is 10.4. The van der Waals surface area contributed by atoms with Crippen molar-refractivity contribution in [3.05, 3.63) is 22.9 Å². The first-order valence-corrected chi connectivity index (χ1v) is 9.83. The van der Waals surface area contributed by atoms with Crippen molar-refractivity contribution in [2.45, 2.75) is 53.1 Å². The van der Waals surface area contributed by atoms with Crippen LogP contribution in [-0.2, 0) is 9.47 Å². The normalized spacial score (nSPS) is 22.1. The van der Waals surface area contributed by atoms with Gasteiger partial charge in [0.05, 0.1) is 18.4 Å². The van der Waals surface area contributed by atoms with Gasteiger partial charge in [-0.25, -0.2) is 14.6 Å². The van der Waals surface area contributed by atoms with Crippen LogP contribution in [0.5, 0.6) is 0 Å². The van der Waals surface area contributed by atoms with Crippen molar-refractivity contribution in [1.29, 1.82) is 0 Å². The van der Waals surface area contributed by atoms with Crippen LogP contribution in [0.25, 0.3) is 0 Å². The molecule has 1 spiro atoms. The van der Waals surface area contributed by atoms with Gasteiger partial charge in [-0.15, -0.1) is 0 Å². The number of carbonyl (C=O) groups is 2. The highest BCUT2D eigenvalue weighted by molar-refractivity contribution is 5.92. The first kappa shape index (κ1) is 20.4. The van der Waals surface area contributed by atoms with E-state index in [1.807, 2.05) is 45.6 Å². The third kappa shape index (κ3) is 4.08. The van der Waals surface area contributed by atoms with Crippen LogP contribution in [0.15, 0.2) is 6.07 Å². The first-order chi connectivity index (χ1) is 13.0. The first-order valence-electron chi connectivity index (χ1n) is 9.83. The second kappa shape index (κ2) is 7.26. The minimum Gasteiger partial charge on any atom is -0.465 e. The van der Waals surface area contributed by atoms with Gasteiger partial charge < -0.3 is 19.3 Å². The Balaban J connectivity index is 1.71. The molecule has 0 bridgehead atoms. The number of hydrogen-bond acceptors (Lipinski definition) is 6. The van der Waals surface area contributed by atoms with E-state index in [1.165, 1.54) is 7.11 Å². The Kier molecular flexibility index (Phi) is 5.30. The molecule has 0 aromatic carbocycles. The van der Waals surface area contributed by atoms with E-state index in [1.54, 1.807) is 0 Å². The highest BCUT2D eigenvalue weighted by Crippen LogP contribution is 2.41. The van der Waals surface area contributed by atoms with E-state index in [0.717, 1.165) is 50.4 Å². The summed E-state index contributed by atoms with van der Waals surface area (Å²) in [6, 6.07) is 1.96. The van der Waals surface area contributed by atoms with E-state index in [-0.39, 0.29) is 17.5 Å². The van der Waals surface area contributed by atoms with E-state index in [0.29, 0.717) is 11.3 Å². The number of aryl methyl sites for hydroxylation is 2. The zero-order valence-electron chi connectivity index (χ0n) is 17.8. The zero-order valence-corrected chi connectivity index (χ0v) is 17.8. The lowest BCUT2D eigenvalue weighted by molar-refractivity contribution is 0.0276. The van der Waals surface area contributed by atoms with Gasteiger partial charge in [-0.1, -0.05) is 0 Å². The zero-order chi connectivity index (χ0) is 20.7. The molecule has 3 heterocycles. The molecule has 2 saturated heterocycles. The highest BCUT2D eigenvalue weighted by atomic mass is 16.6. The summed E-state index contributed by atoms with van der Waals surface area (Å²) in [6.07, 6.45) is 1.77. The monoisotopic (exact) mass is 389 g/mol. The molecule has 0 radical (unpaired) electrons. The maximum absolute atomic E-state index is 12.4. The van der Waals surface area contributed by atoms with Crippen LogP contribution in [0.2, 0.25) is 0 Å². The summed E-state index contributed by atoms with van der Waals surface area (Å²) in [5.74, 6) is 0.533. The Morgan fingerprint density at radius 2 is 1.82 bits per heavy atom. The highest BCUT2D eigenvalue weighted by Gasteiger charge is 2.46. The van der Waals surface area contributed by atoms with Crippen LogP contribution in [0.1, 0.15) is 55.2 Å². The van der Waals surface area contributed by atoms with Gasteiger partial charge in [-0.3, -0.25) is 0 Å². The lowest BCUT2D eigenvalue weighted by Crippen LogP contribution is -2.37. The summed E-state index contributed by atoms with van der Waals surface area (Å²) >= 11 is 0. The van der Waals surface area contributed by atoms with Crippen molar-refractivity contribution < 1.29 is 19.1 Å². The van der Waals surface area contributed by atoms with Gasteiger partial charge in [0, 0.05) is 31.6 Å². The van der Waals surface area contributed by atoms with Gasteiger partial charge in [0.2, 0.25) is 0 Å². The fraction of sp³-hybridized carbons (Fsp3) is 0.667. The maximum Gasteiger partial charge on any atom is 0.410 e. The summed E-state index contributed by atoms with van der Waals surface area (Å²) in [4.78, 5) is 33.1. The number of aromatic nitrogens is 1. The van der Waals surface area contributed by atoms with E-state index < -0.39 is 5.60 Å². The topological polar surface area (TPSA) is 72.0 Å². The molecular weight excluding hydrogens is 358 g/mol. The van der Waals surface area contributed by atoms with E-state index >= 15 is 0 Å². The fourth-order valence-corrected chi connectivity index (χ4v) is 4.27. The average Bonchev–Trinajstić information content (AvgIpc) is 3.20. The van der Waals surface area contributed by atoms with Crippen LogP contribution in [0.3, 0.4) is 0 Å². The standard InChI is InChI=1S/C21H31N3O4/c1-14-11-16(22-15(2)17(14)18(25)27-6)23-9-7-21(12-23)8-10-24(13-21)19(26)28-20(3,4)5/h11H,7-10,12-13H2,1-6H3. The SMILES string of the molecule is COC(=O)c1c(C)cc(N2CCC3(CCN(C(=O)OC(C)(C)C)C3)C2)nc1C. The van der Waals surface area contributed by atoms with Crippen molar-refractivity contribution in [3.8, 4) is 0 Å². The number of hydrogen-bond donors (Lipinski definition) is 0. The number of methoxy groups -OCH3 is 1. The Labute approximate surface area is 167 Å². The van der Waals surface area contributed by atoms with Crippen molar-refractivity contribution >= 4 is 17.9 Å². The molecule has 3 rings (SSSR count). The Bertz CT molecular complexity index is 763. The Morgan fingerprint density at radius 3 is 2.43 bits per heavy atom. The summed E-state index contributed by atoms with van der Waals surface area (Å²) in [7, 11) is 1.38. The van der Waals surface area contributed by atoms with Crippen LogP contribution in [-0.4, -0.2) is 60.8 Å². The van der Waals surface area contributed by atoms with Crippen molar-refractivity contribution in [2.75, 3.05) is 38.2 Å². The molecule has 2 aliphatic rings. The van der Waals surface area contributed by atoms with Gasteiger partial charge in [0.1, 0.15) is 11.4 Å². The molecule has 7 heteroatoms. The number of esters is 1. The second-order valence-electron chi connectivity index (χ2n) is 9.07. The van der Waals surface area contributed by atoms with Crippen LogP contribution < -0.4 is 4.90 Å². The summed E-state index contributed by atoms with van der Waals surface area (Å²) in [5.41, 5.74) is 1.70. The van der Waals surface area contributed by atoms with E-state index in [4.69, 9.17) is 9.47 Å². The number of anilines is 1. The molecule has 0 aliphatic carbocycles. The molecule has 154 valence electrons. The van der Waals surface area contributed by atoms with Gasteiger partial charge in [0.15, 0.2) is 0 Å². The summed E-state index contributed by atoms with van der Waals surface area (Å²) in [6.45, 7) is 12.6. The number of likely N-dealkylation sites (tertiary alicyclic amines) is 1. The maximum atomic E-state index is 12.4. The van der Waals surface area contributed by atoms with Gasteiger partial charge in [-0.2, -0.15) is 0 Å². The minimum atomic E-state index is -0.477. The van der Waals surface area contributed by atoms with Crippen LogP contribution in [0.4, 0.5) is 10.6 Å². The average molecular weight is 389 g/mol. The number of rotatable bonds is 2. The molecule has 1 amide bonds. The number of carbonyl (C=O) groups excluding carboxylic acids is 2. The molecule has 28 heavy (non-hydrogen) atoms. The third-order valence-corrected chi connectivity index (χ3v) is 5.63. The van der Waals surface area contributed by atoms with E-state index in [9.17, 15) is 9.59 Å². The summed E-state index contributed by atoms with van der Waals surface area (Å²) in [5, 5.41) is 0. The second-order valence-corrected chi connectivity index (χ2v) is 9.07. The van der Waals surface area contributed by atoms with Crippen LogP contribution >= 0.6 is 0 Å². The molecule has 1 unspecified atom stereocenters. The lowest BCUT2D eigenvalue weighted by atomic mass is 9.86. The largest absolute Gasteiger partial charge is 0.465 e. The predicted molar refractivity (Wildman–Crippen MR) is 107 cm³/mol. The molecule has 2 fully saturated rings. The number of amides is 1. The van der Waals surface area contributed by atoms with Gasteiger partial charge >= 0.3 is 12.1 Å². The molecule has 1 atom stereocenters. The Hall–Kier alpha value is -2.31. The Morgan fingerprint density at radius 1 is 1.14 bits per heavy atom. The smallest absolute Gasteiger partial charge is 0.410 e. The lowest BCUT2D eigenvalue weighted by Gasteiger charge is -2.27. The molecular formula is C21H31N3O4. The number of ether oxygens (including phenoxy) is 2. The van der Waals surface area contributed by atoms with Gasteiger partial charge in [0.25, 0.3) is 0 Å². The third-order valence-electron chi connectivity index (χ3n) is 5.63. The molecule has 2 aliphatic heterocycles. The van der Waals surface area contributed by atoms with Crippen molar-refractivity contribution in [2.24, 2.45) is 5.41 Å². The quantitative estimate of drug-likeness (QED) is 0.723. The molecule has 7 nitrogen and oxygen atoms in total.